The minimum absolute atomic E-state index is 0.0339. The SMILES string of the molecule is CCC(C)(CCO)NC(=O)NC(c1cccc(C)c1)c1ccccn1. The number of aliphatic hydroxyl groups excluding tert-OH is 1. The third-order valence-corrected chi connectivity index (χ3v) is 4.49. The Bertz CT molecular complexity index is 690. The number of carbonyl (C=O) groups excluding carboxylic acids is 1. The van der Waals surface area contributed by atoms with Crippen LogP contribution in [0.25, 0.3) is 0 Å². The second kappa shape index (κ2) is 8.62. The van der Waals surface area contributed by atoms with Crippen LogP contribution in [0.2, 0.25) is 0 Å². The van der Waals surface area contributed by atoms with Crippen LogP contribution in [0.1, 0.15) is 49.6 Å². The second-order valence-electron chi connectivity index (χ2n) is 6.59. The number of aryl methyl sites for hydroxylation is 1. The van der Waals surface area contributed by atoms with Crippen molar-refractivity contribution >= 4 is 6.03 Å². The number of rotatable bonds is 7. The molecule has 0 spiro atoms. The van der Waals surface area contributed by atoms with E-state index in [0.717, 1.165) is 23.2 Å². The molecule has 1 aromatic heterocycles. The van der Waals surface area contributed by atoms with Crippen molar-refractivity contribution in [3.63, 3.8) is 0 Å². The molecular weight excluding hydrogens is 314 g/mol. The van der Waals surface area contributed by atoms with Gasteiger partial charge in [0.1, 0.15) is 0 Å². The maximum atomic E-state index is 12.6. The van der Waals surface area contributed by atoms with E-state index in [0.29, 0.717) is 6.42 Å². The second-order valence-corrected chi connectivity index (χ2v) is 6.59. The molecule has 1 aromatic carbocycles. The highest BCUT2D eigenvalue weighted by Gasteiger charge is 2.26. The molecule has 1 heterocycles. The van der Waals surface area contributed by atoms with E-state index >= 15 is 0 Å². The van der Waals surface area contributed by atoms with Gasteiger partial charge in [-0.25, -0.2) is 4.79 Å². The van der Waals surface area contributed by atoms with Gasteiger partial charge in [-0.05, 0) is 44.4 Å². The van der Waals surface area contributed by atoms with Gasteiger partial charge in [0.25, 0.3) is 0 Å². The van der Waals surface area contributed by atoms with Crippen LogP contribution >= 0.6 is 0 Å². The average molecular weight is 341 g/mol. The van der Waals surface area contributed by atoms with Gasteiger partial charge in [0.05, 0.1) is 11.7 Å². The first-order valence-corrected chi connectivity index (χ1v) is 8.64. The van der Waals surface area contributed by atoms with Gasteiger partial charge in [-0.3, -0.25) is 4.98 Å². The molecule has 0 fully saturated rings. The van der Waals surface area contributed by atoms with Gasteiger partial charge in [0.2, 0.25) is 0 Å². The van der Waals surface area contributed by atoms with E-state index in [4.69, 9.17) is 0 Å². The number of benzene rings is 1. The zero-order valence-electron chi connectivity index (χ0n) is 15.1. The molecule has 2 atom stereocenters. The molecule has 0 bridgehead atoms. The van der Waals surface area contributed by atoms with Gasteiger partial charge in [0, 0.05) is 18.3 Å². The number of hydrogen-bond acceptors (Lipinski definition) is 3. The molecule has 5 nitrogen and oxygen atoms in total. The summed E-state index contributed by atoms with van der Waals surface area (Å²) in [6.07, 6.45) is 2.97. The van der Waals surface area contributed by atoms with E-state index < -0.39 is 5.54 Å². The topological polar surface area (TPSA) is 74.2 Å². The number of aromatic nitrogens is 1. The predicted molar refractivity (Wildman–Crippen MR) is 99.3 cm³/mol. The fraction of sp³-hybridized carbons (Fsp3) is 0.400. The summed E-state index contributed by atoms with van der Waals surface area (Å²) in [4.78, 5) is 17.0. The summed E-state index contributed by atoms with van der Waals surface area (Å²) in [5, 5.41) is 15.3. The molecule has 2 rings (SSSR count). The number of nitrogens with one attached hydrogen (secondary N) is 2. The molecule has 2 unspecified atom stereocenters. The van der Waals surface area contributed by atoms with Crippen molar-refractivity contribution in [2.75, 3.05) is 6.61 Å². The van der Waals surface area contributed by atoms with Crippen molar-refractivity contribution in [1.82, 2.24) is 15.6 Å². The molecule has 2 aromatic rings. The lowest BCUT2D eigenvalue weighted by molar-refractivity contribution is 0.199. The Morgan fingerprint density at radius 2 is 2.08 bits per heavy atom. The van der Waals surface area contributed by atoms with E-state index in [1.165, 1.54) is 0 Å². The van der Waals surface area contributed by atoms with Gasteiger partial charge >= 0.3 is 6.03 Å². The third kappa shape index (κ3) is 5.29. The van der Waals surface area contributed by atoms with Crippen LogP contribution in [-0.2, 0) is 0 Å². The number of pyridine rings is 1. The molecule has 5 heteroatoms. The number of urea groups is 1. The zero-order valence-corrected chi connectivity index (χ0v) is 15.1. The van der Waals surface area contributed by atoms with Crippen molar-refractivity contribution in [2.24, 2.45) is 0 Å². The van der Waals surface area contributed by atoms with Gasteiger partial charge < -0.3 is 15.7 Å². The normalized spacial score (nSPS) is 14.4. The monoisotopic (exact) mass is 341 g/mol. The van der Waals surface area contributed by atoms with Crippen LogP contribution in [0.3, 0.4) is 0 Å². The third-order valence-electron chi connectivity index (χ3n) is 4.49. The molecule has 25 heavy (non-hydrogen) atoms. The molecule has 0 aliphatic carbocycles. The standard InChI is InChI=1S/C20H27N3O2/c1-4-20(3,11-13-24)23-19(25)22-18(17-10-5-6-12-21-17)16-9-7-8-15(2)14-16/h5-10,12,14,18,24H,4,11,13H2,1-3H3,(H2,22,23,25). The first kappa shape index (κ1) is 18.9. The van der Waals surface area contributed by atoms with Crippen molar-refractivity contribution in [2.45, 2.75) is 45.2 Å². The minimum Gasteiger partial charge on any atom is -0.396 e. The first-order valence-electron chi connectivity index (χ1n) is 8.64. The van der Waals surface area contributed by atoms with E-state index in [2.05, 4.69) is 15.6 Å². The minimum atomic E-state index is -0.444. The van der Waals surface area contributed by atoms with Crippen LogP contribution in [-0.4, -0.2) is 28.3 Å². The summed E-state index contributed by atoms with van der Waals surface area (Å²) in [5.41, 5.74) is 2.44. The number of hydrogen-bond donors (Lipinski definition) is 3. The molecule has 134 valence electrons. The van der Waals surface area contributed by atoms with Crippen molar-refractivity contribution in [3.05, 3.63) is 65.5 Å². The lowest BCUT2D eigenvalue weighted by atomic mass is 9.95. The summed E-state index contributed by atoms with van der Waals surface area (Å²) in [6, 6.07) is 13.1. The van der Waals surface area contributed by atoms with Crippen molar-refractivity contribution in [1.29, 1.82) is 0 Å². The van der Waals surface area contributed by atoms with E-state index in [-0.39, 0.29) is 18.7 Å². The smallest absolute Gasteiger partial charge is 0.316 e. The van der Waals surface area contributed by atoms with E-state index in [1.807, 2.05) is 63.2 Å². The molecule has 0 saturated heterocycles. The Kier molecular flexibility index (Phi) is 6.53. The van der Waals surface area contributed by atoms with Gasteiger partial charge in [-0.2, -0.15) is 0 Å². The molecule has 0 aliphatic heterocycles. The van der Waals surface area contributed by atoms with Crippen LogP contribution in [0.15, 0.2) is 48.7 Å². The quantitative estimate of drug-likeness (QED) is 0.723. The summed E-state index contributed by atoms with van der Waals surface area (Å²) in [6.45, 7) is 5.98. The summed E-state index contributed by atoms with van der Waals surface area (Å²) >= 11 is 0. The summed E-state index contributed by atoms with van der Waals surface area (Å²) in [5.74, 6) is 0. The highest BCUT2D eigenvalue weighted by molar-refractivity contribution is 5.75. The Labute approximate surface area is 149 Å². The maximum absolute atomic E-state index is 12.6. The summed E-state index contributed by atoms with van der Waals surface area (Å²) in [7, 11) is 0. The lowest BCUT2D eigenvalue weighted by Gasteiger charge is -2.30. The largest absolute Gasteiger partial charge is 0.396 e. The number of nitrogens with zero attached hydrogens (tertiary/aromatic N) is 1. The Morgan fingerprint density at radius 3 is 2.68 bits per heavy atom. The summed E-state index contributed by atoms with van der Waals surface area (Å²) < 4.78 is 0. The molecule has 0 saturated carbocycles. The number of amides is 2. The molecule has 2 amide bonds. The highest BCUT2D eigenvalue weighted by atomic mass is 16.3. The van der Waals surface area contributed by atoms with Crippen molar-refractivity contribution in [3.8, 4) is 0 Å². The molecule has 0 aliphatic rings. The first-order chi connectivity index (χ1) is 12.0. The van der Waals surface area contributed by atoms with E-state index in [1.54, 1.807) is 6.20 Å². The Morgan fingerprint density at radius 1 is 1.28 bits per heavy atom. The fourth-order valence-electron chi connectivity index (χ4n) is 2.74. The van der Waals surface area contributed by atoms with Crippen LogP contribution in [0, 0.1) is 6.92 Å². The average Bonchev–Trinajstić information content (AvgIpc) is 2.60. The predicted octanol–water partition coefficient (Wildman–Crippen LogP) is 3.33. The van der Waals surface area contributed by atoms with Gasteiger partial charge in [-0.1, -0.05) is 42.8 Å². The van der Waals surface area contributed by atoms with Crippen LogP contribution < -0.4 is 10.6 Å². The van der Waals surface area contributed by atoms with Crippen molar-refractivity contribution < 1.29 is 9.90 Å². The van der Waals surface area contributed by atoms with Gasteiger partial charge in [-0.15, -0.1) is 0 Å². The Hall–Kier alpha value is -2.40. The van der Waals surface area contributed by atoms with Gasteiger partial charge in [0.15, 0.2) is 0 Å². The molecule has 0 radical (unpaired) electrons. The number of carbonyl (C=O) groups is 1. The zero-order chi connectivity index (χ0) is 18.3. The van der Waals surface area contributed by atoms with Crippen LogP contribution in [0.5, 0.6) is 0 Å². The number of aliphatic hydroxyl groups is 1. The van der Waals surface area contributed by atoms with Crippen LogP contribution in [0.4, 0.5) is 4.79 Å². The molecule has 3 N–H and O–H groups in total. The molecular formula is C20H27N3O2. The Balaban J connectivity index is 2.23. The fourth-order valence-corrected chi connectivity index (χ4v) is 2.74. The van der Waals surface area contributed by atoms with E-state index in [9.17, 15) is 9.90 Å². The maximum Gasteiger partial charge on any atom is 0.316 e. The highest BCUT2D eigenvalue weighted by Crippen LogP contribution is 2.22. The lowest BCUT2D eigenvalue weighted by Crippen LogP contribution is -2.51.